The third kappa shape index (κ3) is 2.50. The lowest BCUT2D eigenvalue weighted by atomic mass is 9.98. The topological polar surface area (TPSA) is 66.9 Å². The van der Waals surface area contributed by atoms with Crippen LogP contribution in [0.15, 0.2) is 6.20 Å². The second-order valence-electron chi connectivity index (χ2n) is 4.83. The lowest BCUT2D eigenvalue weighted by Crippen LogP contribution is -2.35. The van der Waals surface area contributed by atoms with Crippen LogP contribution in [0.5, 0.6) is 0 Å². The molecule has 0 atom stereocenters. The predicted molar refractivity (Wildman–Crippen MR) is 73.5 cm³/mol. The Labute approximate surface area is 116 Å². The number of fused-ring (bicyclic) bond motifs is 1. The lowest BCUT2D eigenvalue weighted by molar-refractivity contribution is 0.139. The van der Waals surface area contributed by atoms with Crippen molar-refractivity contribution >= 4 is 28.5 Å². The highest BCUT2D eigenvalue weighted by atomic mass is 35.5. The highest BCUT2D eigenvalue weighted by Crippen LogP contribution is 2.28. The Bertz CT molecular complexity index is 564. The van der Waals surface area contributed by atoms with Crippen molar-refractivity contribution < 1.29 is 4.74 Å². The van der Waals surface area contributed by atoms with E-state index in [-0.39, 0.29) is 5.28 Å². The van der Waals surface area contributed by atoms with Gasteiger partial charge in [0, 0.05) is 26.8 Å². The molecule has 102 valence electrons. The maximum absolute atomic E-state index is 5.96. The van der Waals surface area contributed by atoms with Gasteiger partial charge in [0.1, 0.15) is 5.82 Å². The van der Waals surface area contributed by atoms with E-state index in [1.54, 1.807) is 13.3 Å². The lowest BCUT2D eigenvalue weighted by Gasteiger charge is -2.32. The first kappa shape index (κ1) is 12.6. The number of hydrogen-bond acceptors (Lipinski definition) is 5. The maximum Gasteiger partial charge on any atom is 0.226 e. The van der Waals surface area contributed by atoms with Crippen molar-refractivity contribution in [2.75, 3.05) is 31.7 Å². The van der Waals surface area contributed by atoms with Crippen LogP contribution in [0.25, 0.3) is 11.0 Å². The molecule has 1 saturated heterocycles. The Hall–Kier alpha value is -1.40. The van der Waals surface area contributed by atoms with E-state index in [0.29, 0.717) is 11.6 Å². The van der Waals surface area contributed by atoms with Crippen LogP contribution >= 0.6 is 11.6 Å². The number of aromatic amines is 1. The minimum absolute atomic E-state index is 0.255. The minimum Gasteiger partial charge on any atom is -0.384 e. The number of halogens is 1. The Kier molecular flexibility index (Phi) is 3.52. The molecule has 3 heterocycles. The van der Waals surface area contributed by atoms with Crippen molar-refractivity contribution in [3.8, 4) is 0 Å². The molecule has 0 amide bonds. The van der Waals surface area contributed by atoms with Gasteiger partial charge in [0.25, 0.3) is 0 Å². The van der Waals surface area contributed by atoms with Gasteiger partial charge in [-0.15, -0.1) is 0 Å². The van der Waals surface area contributed by atoms with Gasteiger partial charge in [-0.1, -0.05) is 0 Å². The molecular weight excluding hydrogens is 266 g/mol. The molecule has 6 nitrogen and oxygen atoms in total. The second kappa shape index (κ2) is 5.30. The first-order valence-corrected chi connectivity index (χ1v) is 6.76. The van der Waals surface area contributed by atoms with Crippen molar-refractivity contribution in [1.82, 2.24) is 20.2 Å². The molecule has 0 radical (unpaired) electrons. The summed E-state index contributed by atoms with van der Waals surface area (Å²) in [6, 6.07) is 0. The number of rotatable bonds is 3. The highest BCUT2D eigenvalue weighted by Gasteiger charge is 2.22. The van der Waals surface area contributed by atoms with Crippen LogP contribution in [-0.2, 0) is 4.74 Å². The summed E-state index contributed by atoms with van der Waals surface area (Å²) in [5.41, 5.74) is 0.689. The monoisotopic (exact) mass is 281 g/mol. The summed E-state index contributed by atoms with van der Waals surface area (Å²) in [5.74, 6) is 1.51. The molecule has 7 heteroatoms. The number of nitrogens with zero attached hydrogens (tertiary/aromatic N) is 4. The summed E-state index contributed by atoms with van der Waals surface area (Å²) in [7, 11) is 1.76. The highest BCUT2D eigenvalue weighted by molar-refractivity contribution is 6.28. The van der Waals surface area contributed by atoms with Crippen molar-refractivity contribution in [1.29, 1.82) is 0 Å². The van der Waals surface area contributed by atoms with E-state index < -0.39 is 0 Å². The van der Waals surface area contributed by atoms with Gasteiger partial charge in [-0.25, -0.2) is 0 Å². The van der Waals surface area contributed by atoms with Crippen LogP contribution in [0.2, 0.25) is 5.28 Å². The van der Waals surface area contributed by atoms with Gasteiger partial charge < -0.3 is 9.64 Å². The zero-order valence-corrected chi connectivity index (χ0v) is 11.5. The number of methoxy groups -OCH3 is 1. The Balaban J connectivity index is 1.83. The molecule has 3 rings (SSSR count). The van der Waals surface area contributed by atoms with Crippen molar-refractivity contribution in [3.63, 3.8) is 0 Å². The number of H-pyrrole nitrogens is 1. The molecule has 0 aromatic carbocycles. The normalized spacial score (nSPS) is 17.3. The summed E-state index contributed by atoms with van der Waals surface area (Å²) >= 11 is 5.96. The van der Waals surface area contributed by atoms with E-state index in [1.807, 2.05) is 0 Å². The van der Waals surface area contributed by atoms with Gasteiger partial charge in [0.05, 0.1) is 11.6 Å². The predicted octanol–water partition coefficient (Wildman–Crippen LogP) is 1.87. The fraction of sp³-hybridized carbons (Fsp3) is 0.583. The molecule has 2 aromatic rings. The number of piperidine rings is 1. The van der Waals surface area contributed by atoms with E-state index >= 15 is 0 Å². The van der Waals surface area contributed by atoms with Crippen LogP contribution in [0.1, 0.15) is 12.8 Å². The fourth-order valence-corrected chi connectivity index (χ4v) is 2.75. The molecule has 1 fully saturated rings. The van der Waals surface area contributed by atoms with Gasteiger partial charge in [-0.3, -0.25) is 5.10 Å². The Morgan fingerprint density at radius 2 is 2.21 bits per heavy atom. The van der Waals surface area contributed by atoms with E-state index in [4.69, 9.17) is 16.3 Å². The summed E-state index contributed by atoms with van der Waals surface area (Å²) in [6.45, 7) is 2.75. The van der Waals surface area contributed by atoms with E-state index in [9.17, 15) is 0 Å². The SMILES string of the molecule is COCC1CCN(c2nc(Cl)nc3[nH]ncc23)CC1. The average molecular weight is 282 g/mol. The van der Waals surface area contributed by atoms with Crippen molar-refractivity contribution in [3.05, 3.63) is 11.5 Å². The Morgan fingerprint density at radius 1 is 1.42 bits per heavy atom. The number of aromatic nitrogens is 4. The largest absolute Gasteiger partial charge is 0.384 e. The van der Waals surface area contributed by atoms with Crippen molar-refractivity contribution in [2.45, 2.75) is 12.8 Å². The maximum atomic E-state index is 5.96. The van der Waals surface area contributed by atoms with Gasteiger partial charge in [-0.2, -0.15) is 15.1 Å². The van der Waals surface area contributed by atoms with Gasteiger partial charge in [0.2, 0.25) is 5.28 Å². The zero-order chi connectivity index (χ0) is 13.2. The summed E-state index contributed by atoms with van der Waals surface area (Å²) < 4.78 is 5.22. The van der Waals surface area contributed by atoms with Gasteiger partial charge >= 0.3 is 0 Å². The third-order valence-corrected chi connectivity index (χ3v) is 3.75. The number of ether oxygens (including phenoxy) is 1. The second-order valence-corrected chi connectivity index (χ2v) is 5.17. The quantitative estimate of drug-likeness (QED) is 0.870. The number of anilines is 1. The standard InChI is InChI=1S/C12H16ClN5O/c1-19-7-8-2-4-18(5-3-8)11-9-6-14-17-10(9)15-12(13)16-11/h6,8H,2-5,7H2,1H3,(H,14,15,16,17). The summed E-state index contributed by atoms with van der Waals surface area (Å²) in [4.78, 5) is 10.7. The molecule has 2 aromatic heterocycles. The van der Waals surface area contributed by atoms with E-state index in [2.05, 4.69) is 25.1 Å². The van der Waals surface area contributed by atoms with Crippen LogP contribution in [0.3, 0.4) is 0 Å². The van der Waals surface area contributed by atoms with Crippen LogP contribution in [0.4, 0.5) is 5.82 Å². The molecular formula is C12H16ClN5O. The van der Waals surface area contributed by atoms with Crippen LogP contribution in [0, 0.1) is 5.92 Å². The number of hydrogen-bond donors (Lipinski definition) is 1. The Morgan fingerprint density at radius 3 is 2.95 bits per heavy atom. The summed E-state index contributed by atoms with van der Waals surface area (Å²) in [5, 5.41) is 8.03. The van der Waals surface area contributed by atoms with E-state index in [0.717, 1.165) is 43.7 Å². The van der Waals surface area contributed by atoms with Crippen LogP contribution < -0.4 is 4.90 Å². The molecule has 19 heavy (non-hydrogen) atoms. The summed E-state index contributed by atoms with van der Waals surface area (Å²) in [6.07, 6.45) is 3.96. The first-order chi connectivity index (χ1) is 9.28. The van der Waals surface area contributed by atoms with E-state index in [1.165, 1.54) is 0 Å². The van der Waals surface area contributed by atoms with Crippen molar-refractivity contribution in [2.24, 2.45) is 5.92 Å². The molecule has 1 aliphatic heterocycles. The third-order valence-electron chi connectivity index (χ3n) is 3.58. The zero-order valence-electron chi connectivity index (χ0n) is 10.8. The van der Waals surface area contributed by atoms with Crippen LogP contribution in [-0.4, -0.2) is 47.0 Å². The van der Waals surface area contributed by atoms with Gasteiger partial charge in [0.15, 0.2) is 5.65 Å². The van der Waals surface area contributed by atoms with Gasteiger partial charge in [-0.05, 0) is 30.4 Å². The molecule has 1 N–H and O–H groups in total. The molecule has 0 spiro atoms. The molecule has 0 saturated carbocycles. The number of nitrogens with one attached hydrogen (secondary N) is 1. The first-order valence-electron chi connectivity index (χ1n) is 6.38. The molecule has 0 unspecified atom stereocenters. The smallest absolute Gasteiger partial charge is 0.226 e. The average Bonchev–Trinajstić information content (AvgIpc) is 2.87. The minimum atomic E-state index is 0.255. The molecule has 0 bridgehead atoms. The fourth-order valence-electron chi connectivity index (χ4n) is 2.58. The molecule has 0 aliphatic carbocycles. The molecule has 1 aliphatic rings.